The molecule has 4 aromatic rings. The van der Waals surface area contributed by atoms with Crippen molar-refractivity contribution in [2.24, 2.45) is 0 Å². The number of rotatable bonds is 10. The third-order valence-corrected chi connectivity index (χ3v) is 7.85. The van der Waals surface area contributed by atoms with E-state index in [2.05, 4.69) is 0 Å². The number of anilines is 1. The molecule has 0 saturated heterocycles. The quantitative estimate of drug-likeness (QED) is 0.162. The Labute approximate surface area is 226 Å². The molecule has 39 heavy (non-hydrogen) atoms. The first kappa shape index (κ1) is 28.2. The van der Waals surface area contributed by atoms with Crippen molar-refractivity contribution in [3.05, 3.63) is 138 Å². The molecule has 1 atom stereocenters. The predicted molar refractivity (Wildman–Crippen MR) is 143 cm³/mol. The number of thioether (sulfide) groups is 1. The molecule has 0 aromatic heterocycles. The number of alkyl halides is 3. The Kier molecular flexibility index (Phi) is 8.60. The molecule has 3 nitrogen and oxygen atoms in total. The molecule has 0 amide bonds. The second-order valence-electron chi connectivity index (χ2n) is 8.78. The number of halogens is 5. The van der Waals surface area contributed by atoms with Crippen molar-refractivity contribution in [1.29, 1.82) is 0 Å². The molecule has 0 aliphatic rings. The molecule has 9 heteroatoms. The Morgan fingerprint density at radius 2 is 1.23 bits per heavy atom. The maximum absolute atomic E-state index is 14.7. The fraction of sp³-hybridized carbons (Fsp3) is 0.167. The van der Waals surface area contributed by atoms with Crippen molar-refractivity contribution in [3.8, 4) is 0 Å². The molecule has 0 aliphatic heterocycles. The van der Waals surface area contributed by atoms with Crippen LogP contribution in [0.15, 0.2) is 109 Å². The highest BCUT2D eigenvalue weighted by Crippen LogP contribution is 2.49. The van der Waals surface area contributed by atoms with Gasteiger partial charge in [0.2, 0.25) is 0 Å². The minimum absolute atomic E-state index is 0.360. The van der Waals surface area contributed by atoms with Crippen molar-refractivity contribution >= 4 is 23.4 Å². The first-order valence-corrected chi connectivity index (χ1v) is 12.9. The summed E-state index contributed by atoms with van der Waals surface area (Å²) in [5.41, 5.74) is 1.71. The number of hydrogen-bond acceptors (Lipinski definition) is 3. The molecule has 4 rings (SSSR count). The summed E-state index contributed by atoms with van der Waals surface area (Å²) in [5.74, 6) is -4.20. The number of carbonyl (C=O) groups is 1. The van der Waals surface area contributed by atoms with Gasteiger partial charge in [-0.2, -0.15) is 13.2 Å². The lowest BCUT2D eigenvalue weighted by atomic mass is 9.84. The Morgan fingerprint density at radius 1 is 0.769 bits per heavy atom. The van der Waals surface area contributed by atoms with E-state index in [1.54, 1.807) is 0 Å². The van der Waals surface area contributed by atoms with E-state index >= 15 is 0 Å². The zero-order chi connectivity index (χ0) is 28.0. The summed E-state index contributed by atoms with van der Waals surface area (Å²) in [6, 6.07) is 28.0. The molecule has 0 heterocycles. The lowest BCUT2D eigenvalue weighted by Gasteiger charge is -2.38. The summed E-state index contributed by atoms with van der Waals surface area (Å²) in [7, 11) is 0. The largest absolute Gasteiger partial charge is 0.480 e. The number of hydrogen-bond donors (Lipinski definition) is 1. The highest BCUT2D eigenvalue weighted by molar-refractivity contribution is 8.00. The number of benzene rings is 4. The number of nitrogens with zero attached hydrogens (tertiary/aromatic N) is 1. The third-order valence-electron chi connectivity index (χ3n) is 6.23. The van der Waals surface area contributed by atoms with Gasteiger partial charge in [0.1, 0.15) is 24.2 Å². The molecule has 0 radical (unpaired) electrons. The molecule has 0 fully saturated rings. The monoisotopic (exact) mass is 557 g/mol. The molecular formula is C30H24F5NO2S. The summed E-state index contributed by atoms with van der Waals surface area (Å²) in [4.78, 5) is 12.9. The predicted octanol–water partition coefficient (Wildman–Crippen LogP) is 7.51. The van der Waals surface area contributed by atoms with Gasteiger partial charge in [0.05, 0.1) is 10.4 Å². The van der Waals surface area contributed by atoms with E-state index in [1.807, 2.05) is 91.0 Å². The molecule has 0 bridgehead atoms. The molecule has 0 aliphatic carbocycles. The Hall–Kier alpha value is -3.85. The minimum atomic E-state index is -4.85. The fourth-order valence-electron chi connectivity index (χ4n) is 4.54. The molecule has 1 N–H and O–H groups in total. The van der Waals surface area contributed by atoms with Gasteiger partial charge in [0, 0.05) is 11.8 Å². The van der Waals surface area contributed by atoms with Crippen LogP contribution in [-0.2, 0) is 9.54 Å². The average molecular weight is 558 g/mol. The zero-order valence-electron chi connectivity index (χ0n) is 20.5. The smallest absolute Gasteiger partial charge is 0.405 e. The van der Waals surface area contributed by atoms with Crippen LogP contribution in [0.25, 0.3) is 0 Å². The molecule has 0 spiro atoms. The Morgan fingerprint density at radius 3 is 1.62 bits per heavy atom. The summed E-state index contributed by atoms with van der Waals surface area (Å²) in [6.45, 7) is -1.73. The highest BCUT2D eigenvalue weighted by atomic mass is 32.2. The van der Waals surface area contributed by atoms with Gasteiger partial charge in [0.25, 0.3) is 0 Å². The van der Waals surface area contributed by atoms with Gasteiger partial charge in [-0.1, -0.05) is 91.0 Å². The molecule has 202 valence electrons. The zero-order valence-corrected chi connectivity index (χ0v) is 21.3. The van der Waals surface area contributed by atoms with Crippen LogP contribution in [0.1, 0.15) is 16.7 Å². The topological polar surface area (TPSA) is 40.5 Å². The van der Waals surface area contributed by atoms with E-state index in [1.165, 1.54) is 0 Å². The van der Waals surface area contributed by atoms with Gasteiger partial charge < -0.3 is 10.0 Å². The van der Waals surface area contributed by atoms with Gasteiger partial charge >= 0.3 is 12.1 Å². The summed E-state index contributed by atoms with van der Waals surface area (Å²) in [6.07, 6.45) is -4.85. The van der Waals surface area contributed by atoms with E-state index in [0.717, 1.165) is 40.6 Å². The maximum atomic E-state index is 14.7. The summed E-state index contributed by atoms with van der Waals surface area (Å²) < 4.78 is 68.3. The van der Waals surface area contributed by atoms with E-state index in [4.69, 9.17) is 0 Å². The van der Waals surface area contributed by atoms with E-state index < -0.39 is 46.8 Å². The van der Waals surface area contributed by atoms with Crippen LogP contribution in [0.2, 0.25) is 0 Å². The number of carboxylic acid groups (broad SMARTS) is 1. The van der Waals surface area contributed by atoms with Crippen molar-refractivity contribution < 1.29 is 31.9 Å². The van der Waals surface area contributed by atoms with Crippen LogP contribution in [0, 0.1) is 11.6 Å². The van der Waals surface area contributed by atoms with E-state index in [0.29, 0.717) is 11.0 Å². The second-order valence-corrected chi connectivity index (χ2v) is 10.0. The molecular weight excluding hydrogens is 533 g/mol. The van der Waals surface area contributed by atoms with Crippen LogP contribution < -0.4 is 4.90 Å². The standard InChI is InChI=1S/C30H24F5NO2S/c31-24-16-17-26(25(32)18-24)36(20-29(33,34)35)27(28(37)38)19-39-30(21-10-4-1-5-11-21,22-12-6-2-7-13-22)23-14-8-3-9-15-23/h1-18,27H,19-20H2,(H,37,38). The molecule has 0 saturated carbocycles. The van der Waals surface area contributed by atoms with Crippen molar-refractivity contribution in [1.82, 2.24) is 0 Å². The van der Waals surface area contributed by atoms with E-state index in [9.17, 15) is 31.9 Å². The van der Waals surface area contributed by atoms with Gasteiger partial charge in [-0.15, -0.1) is 11.8 Å². The Balaban J connectivity index is 1.85. The summed E-state index contributed by atoms with van der Waals surface area (Å²) in [5, 5.41) is 10.1. The lowest BCUT2D eigenvalue weighted by Crippen LogP contribution is -2.49. The average Bonchev–Trinajstić information content (AvgIpc) is 2.91. The highest BCUT2D eigenvalue weighted by Gasteiger charge is 2.42. The summed E-state index contributed by atoms with van der Waals surface area (Å²) >= 11 is 1.14. The van der Waals surface area contributed by atoms with Gasteiger partial charge in [-0.3, -0.25) is 0 Å². The van der Waals surface area contributed by atoms with Crippen LogP contribution >= 0.6 is 11.8 Å². The van der Waals surface area contributed by atoms with Gasteiger partial charge in [-0.25, -0.2) is 13.6 Å². The van der Waals surface area contributed by atoms with Crippen molar-refractivity contribution in [3.63, 3.8) is 0 Å². The number of aliphatic carboxylic acids is 1. The first-order chi connectivity index (χ1) is 18.6. The molecule has 4 aromatic carbocycles. The van der Waals surface area contributed by atoms with Crippen LogP contribution in [-0.4, -0.2) is 35.6 Å². The van der Waals surface area contributed by atoms with Gasteiger partial charge in [0.15, 0.2) is 0 Å². The SMILES string of the molecule is O=C(O)C(CSC(c1ccccc1)(c1ccccc1)c1ccccc1)N(CC(F)(F)F)c1ccc(F)cc1F. The van der Waals surface area contributed by atoms with Crippen molar-refractivity contribution in [2.75, 3.05) is 17.2 Å². The van der Waals surface area contributed by atoms with E-state index in [-0.39, 0.29) is 5.75 Å². The number of carboxylic acids is 1. The van der Waals surface area contributed by atoms with Gasteiger partial charge in [-0.05, 0) is 28.8 Å². The second kappa shape index (κ2) is 11.9. The Bertz CT molecular complexity index is 1290. The third kappa shape index (κ3) is 6.42. The lowest BCUT2D eigenvalue weighted by molar-refractivity contribution is -0.140. The van der Waals surface area contributed by atoms with Crippen LogP contribution in [0.4, 0.5) is 27.6 Å². The first-order valence-electron chi connectivity index (χ1n) is 11.9. The molecule has 1 unspecified atom stereocenters. The maximum Gasteiger partial charge on any atom is 0.405 e. The van der Waals surface area contributed by atoms with Crippen molar-refractivity contribution in [2.45, 2.75) is 17.0 Å². The van der Waals surface area contributed by atoms with Crippen LogP contribution in [0.5, 0.6) is 0 Å². The normalized spacial score (nSPS) is 12.6. The minimum Gasteiger partial charge on any atom is -0.480 e. The van der Waals surface area contributed by atoms with Crippen LogP contribution in [0.3, 0.4) is 0 Å². The fourth-order valence-corrected chi connectivity index (χ4v) is 6.18.